The lowest BCUT2D eigenvalue weighted by Crippen LogP contribution is -2.27. The van der Waals surface area contributed by atoms with E-state index in [0.29, 0.717) is 19.6 Å². The first-order valence-corrected chi connectivity index (χ1v) is 14.1. The number of hydrogen-bond acceptors (Lipinski definition) is 4. The van der Waals surface area contributed by atoms with Gasteiger partial charge in [-0.3, -0.25) is 9.31 Å². The standard InChI is InChI=1S/C25H31NO3P2/c1-4-25(31(27,28-5-2)29-6-3)26-30(22-16-10-7-11-17-22,23-18-12-8-13-19-23)24-20-14-9-15-21-24/h7-21,25H,4-6H2,1-3H3. The molecule has 31 heavy (non-hydrogen) atoms. The van der Waals surface area contributed by atoms with E-state index >= 15 is 0 Å². The summed E-state index contributed by atoms with van der Waals surface area (Å²) in [6, 6.07) is 31.0. The number of nitrogens with zero attached hydrogens (tertiary/aromatic N) is 1. The number of benzene rings is 3. The van der Waals surface area contributed by atoms with Gasteiger partial charge in [0.1, 0.15) is 0 Å². The van der Waals surface area contributed by atoms with Crippen LogP contribution in [0.3, 0.4) is 0 Å². The monoisotopic (exact) mass is 455 g/mol. The molecule has 0 bridgehead atoms. The van der Waals surface area contributed by atoms with Crippen LogP contribution in [0, 0.1) is 0 Å². The summed E-state index contributed by atoms with van der Waals surface area (Å²) in [5, 5.41) is 3.35. The summed E-state index contributed by atoms with van der Waals surface area (Å²) in [5.74, 6) is -0.568. The van der Waals surface area contributed by atoms with Gasteiger partial charge in [-0.2, -0.15) is 0 Å². The minimum atomic E-state index is -3.43. The van der Waals surface area contributed by atoms with Crippen molar-refractivity contribution in [2.75, 3.05) is 13.2 Å². The second-order valence-corrected chi connectivity index (χ2v) is 12.3. The van der Waals surface area contributed by atoms with E-state index in [2.05, 4.69) is 36.4 Å². The van der Waals surface area contributed by atoms with Gasteiger partial charge in [0.2, 0.25) is 0 Å². The van der Waals surface area contributed by atoms with Gasteiger partial charge in [0.25, 0.3) is 0 Å². The van der Waals surface area contributed by atoms with Gasteiger partial charge in [-0.1, -0.05) is 97.9 Å². The minimum Gasteiger partial charge on any atom is -0.307 e. The zero-order valence-corrected chi connectivity index (χ0v) is 20.2. The highest BCUT2D eigenvalue weighted by molar-refractivity contribution is 7.87. The summed E-state index contributed by atoms with van der Waals surface area (Å²) in [6.45, 7) is 6.31. The van der Waals surface area contributed by atoms with Crippen LogP contribution >= 0.6 is 14.7 Å². The van der Waals surface area contributed by atoms with Crippen LogP contribution in [0.5, 0.6) is 0 Å². The molecule has 0 spiro atoms. The molecule has 0 radical (unpaired) electrons. The van der Waals surface area contributed by atoms with E-state index in [0.717, 1.165) is 15.9 Å². The van der Waals surface area contributed by atoms with Crippen LogP contribution in [0.25, 0.3) is 0 Å². The quantitative estimate of drug-likeness (QED) is 0.344. The maximum absolute atomic E-state index is 13.8. The molecule has 164 valence electrons. The van der Waals surface area contributed by atoms with E-state index in [-0.39, 0.29) is 0 Å². The van der Waals surface area contributed by atoms with Crippen LogP contribution in [0.15, 0.2) is 95.7 Å². The van der Waals surface area contributed by atoms with Crippen molar-refractivity contribution in [3.63, 3.8) is 0 Å². The molecule has 0 aliphatic heterocycles. The lowest BCUT2D eigenvalue weighted by molar-refractivity contribution is 0.212. The first kappa shape index (κ1) is 23.7. The fourth-order valence-electron chi connectivity index (χ4n) is 3.72. The van der Waals surface area contributed by atoms with Gasteiger partial charge in [-0.05, 0) is 20.3 Å². The smallest absolute Gasteiger partial charge is 0.307 e. The molecule has 0 aromatic heterocycles. The maximum Gasteiger partial charge on any atom is 0.354 e. The van der Waals surface area contributed by atoms with Gasteiger partial charge in [0.15, 0.2) is 5.78 Å². The third-order valence-electron chi connectivity index (χ3n) is 5.04. The Labute approximate surface area is 186 Å². The molecule has 3 aromatic rings. The first-order valence-electron chi connectivity index (χ1n) is 10.8. The summed E-state index contributed by atoms with van der Waals surface area (Å²) in [5.41, 5.74) is 0. The average Bonchev–Trinajstić information content (AvgIpc) is 2.82. The number of rotatable bonds is 10. The van der Waals surface area contributed by atoms with Gasteiger partial charge < -0.3 is 9.05 Å². The average molecular weight is 455 g/mol. The maximum atomic E-state index is 13.8. The van der Waals surface area contributed by atoms with Crippen molar-refractivity contribution in [3.8, 4) is 0 Å². The molecular formula is C25H31NO3P2. The Morgan fingerprint density at radius 1 is 0.677 bits per heavy atom. The third-order valence-corrected chi connectivity index (χ3v) is 11.4. The van der Waals surface area contributed by atoms with Gasteiger partial charge in [0.05, 0.1) is 20.3 Å². The van der Waals surface area contributed by atoms with Crippen LogP contribution in [0.2, 0.25) is 0 Å². The highest BCUT2D eigenvalue weighted by Crippen LogP contribution is 2.59. The van der Waals surface area contributed by atoms with E-state index in [4.69, 9.17) is 13.8 Å². The molecule has 3 aromatic carbocycles. The molecule has 1 atom stereocenters. The fourth-order valence-corrected chi connectivity index (χ4v) is 9.94. The van der Waals surface area contributed by atoms with Crippen molar-refractivity contribution in [1.29, 1.82) is 0 Å². The Balaban J connectivity index is 2.41. The Bertz CT molecular complexity index is 927. The molecule has 6 heteroatoms. The van der Waals surface area contributed by atoms with Crippen LogP contribution in [-0.2, 0) is 13.6 Å². The number of hydrogen-bond donors (Lipinski definition) is 0. The molecule has 0 saturated heterocycles. The molecule has 0 amide bonds. The minimum absolute atomic E-state index is 0.316. The Morgan fingerprint density at radius 2 is 1.03 bits per heavy atom. The van der Waals surface area contributed by atoms with Gasteiger partial charge in [-0.25, -0.2) is 0 Å². The second-order valence-electron chi connectivity index (χ2n) is 7.02. The van der Waals surface area contributed by atoms with Crippen molar-refractivity contribution in [2.24, 2.45) is 4.74 Å². The van der Waals surface area contributed by atoms with E-state index in [1.54, 1.807) is 0 Å². The molecule has 0 aliphatic carbocycles. The molecule has 0 aliphatic rings. The van der Waals surface area contributed by atoms with E-state index in [9.17, 15) is 4.57 Å². The van der Waals surface area contributed by atoms with E-state index < -0.39 is 20.4 Å². The largest absolute Gasteiger partial charge is 0.354 e. The Hall–Kier alpha value is -1.96. The van der Waals surface area contributed by atoms with Crippen molar-refractivity contribution in [3.05, 3.63) is 91.0 Å². The van der Waals surface area contributed by atoms with Crippen molar-refractivity contribution in [2.45, 2.75) is 33.0 Å². The lowest BCUT2D eigenvalue weighted by atomic mass is 10.4. The summed E-state index contributed by atoms with van der Waals surface area (Å²) in [4.78, 5) is 0. The molecule has 3 rings (SSSR count). The summed E-state index contributed by atoms with van der Waals surface area (Å²) < 4.78 is 30.7. The lowest BCUT2D eigenvalue weighted by Gasteiger charge is -2.31. The van der Waals surface area contributed by atoms with E-state index in [1.807, 2.05) is 75.4 Å². The third kappa shape index (κ3) is 5.10. The first-order chi connectivity index (χ1) is 15.1. The summed E-state index contributed by atoms with van der Waals surface area (Å²) in [6.07, 6.45) is 0.561. The predicted molar refractivity (Wildman–Crippen MR) is 133 cm³/mol. The Morgan fingerprint density at radius 3 is 1.32 bits per heavy atom. The highest BCUT2D eigenvalue weighted by atomic mass is 31.2. The zero-order chi connectivity index (χ0) is 22.2. The van der Waals surface area contributed by atoms with Gasteiger partial charge >= 0.3 is 7.60 Å². The predicted octanol–water partition coefficient (Wildman–Crippen LogP) is 6.17. The van der Waals surface area contributed by atoms with E-state index in [1.165, 1.54) is 0 Å². The van der Waals surface area contributed by atoms with Crippen LogP contribution < -0.4 is 15.9 Å². The van der Waals surface area contributed by atoms with Gasteiger partial charge in [-0.15, -0.1) is 0 Å². The van der Waals surface area contributed by atoms with Crippen LogP contribution in [0.1, 0.15) is 27.2 Å². The van der Waals surface area contributed by atoms with Gasteiger partial charge in [0, 0.05) is 15.9 Å². The van der Waals surface area contributed by atoms with Crippen LogP contribution in [-0.4, -0.2) is 19.0 Å². The van der Waals surface area contributed by atoms with Crippen molar-refractivity contribution < 1.29 is 13.6 Å². The fraction of sp³-hybridized carbons (Fsp3) is 0.280. The zero-order valence-electron chi connectivity index (χ0n) is 18.4. The summed E-state index contributed by atoms with van der Waals surface area (Å²) in [7, 11) is -5.90. The van der Waals surface area contributed by atoms with Crippen LogP contribution in [0.4, 0.5) is 0 Å². The molecule has 0 saturated carbocycles. The topological polar surface area (TPSA) is 47.9 Å². The molecule has 0 heterocycles. The molecule has 1 unspecified atom stereocenters. The molecule has 0 N–H and O–H groups in total. The highest BCUT2D eigenvalue weighted by Gasteiger charge is 2.38. The molecule has 0 fully saturated rings. The molecular weight excluding hydrogens is 424 g/mol. The Kier molecular flexibility index (Phi) is 8.46. The molecule has 4 nitrogen and oxygen atoms in total. The normalized spacial score (nSPS) is 13.0. The van der Waals surface area contributed by atoms with Crippen molar-refractivity contribution >= 4 is 30.6 Å². The SMILES string of the molecule is CCOP(=O)(OCC)C(CC)N=P(c1ccccc1)(c1ccccc1)c1ccccc1. The summed E-state index contributed by atoms with van der Waals surface area (Å²) >= 11 is 0. The second kappa shape index (κ2) is 11.1. The van der Waals surface area contributed by atoms with Crippen molar-refractivity contribution in [1.82, 2.24) is 0 Å².